The number of hydrogen-bond donors (Lipinski definition) is 1. The Morgan fingerprint density at radius 2 is 2.13 bits per heavy atom. The molecule has 1 aliphatic carbocycles. The standard InChI is InChI=1S/C12H17BrO2/c1-3-12(4-2)8(7-10(12)14)9-5-6-11(13)15-9/h5-6,8,10,14H,3-4,7H2,1-2H3. The van der Waals surface area contributed by atoms with Crippen molar-refractivity contribution in [2.75, 3.05) is 0 Å². The minimum absolute atomic E-state index is 0.0390. The lowest BCUT2D eigenvalue weighted by atomic mass is 9.54. The number of rotatable bonds is 3. The van der Waals surface area contributed by atoms with Gasteiger partial charge in [0, 0.05) is 11.3 Å². The van der Waals surface area contributed by atoms with Crippen LogP contribution in [0.25, 0.3) is 0 Å². The summed E-state index contributed by atoms with van der Waals surface area (Å²) in [6.07, 6.45) is 2.68. The van der Waals surface area contributed by atoms with Crippen LogP contribution in [0.1, 0.15) is 44.8 Å². The van der Waals surface area contributed by atoms with Crippen LogP contribution < -0.4 is 0 Å². The van der Waals surface area contributed by atoms with E-state index in [9.17, 15) is 5.11 Å². The zero-order chi connectivity index (χ0) is 11.1. The molecule has 0 aliphatic heterocycles. The van der Waals surface area contributed by atoms with E-state index in [0.717, 1.165) is 29.7 Å². The third kappa shape index (κ3) is 1.56. The Balaban J connectivity index is 2.25. The van der Waals surface area contributed by atoms with Crippen LogP contribution in [0, 0.1) is 5.41 Å². The van der Waals surface area contributed by atoms with Crippen molar-refractivity contribution < 1.29 is 9.52 Å². The number of furan rings is 1. The summed E-state index contributed by atoms with van der Waals surface area (Å²) in [5.41, 5.74) is 0.0390. The molecule has 1 fully saturated rings. The third-order valence-electron chi connectivity index (χ3n) is 4.07. The summed E-state index contributed by atoms with van der Waals surface area (Å²) >= 11 is 3.32. The molecule has 1 aromatic rings. The second-order valence-corrected chi connectivity index (χ2v) is 5.17. The van der Waals surface area contributed by atoms with Crippen LogP contribution in [0.5, 0.6) is 0 Å². The third-order valence-corrected chi connectivity index (χ3v) is 4.50. The van der Waals surface area contributed by atoms with Crippen molar-refractivity contribution >= 4 is 15.9 Å². The van der Waals surface area contributed by atoms with Gasteiger partial charge in [-0.3, -0.25) is 0 Å². The number of aliphatic hydroxyl groups is 1. The van der Waals surface area contributed by atoms with Crippen LogP contribution in [0.15, 0.2) is 21.2 Å². The lowest BCUT2D eigenvalue weighted by molar-refractivity contribution is -0.0992. The molecule has 1 heterocycles. The van der Waals surface area contributed by atoms with Gasteiger partial charge in [-0.2, -0.15) is 0 Å². The molecule has 1 aromatic heterocycles. The summed E-state index contributed by atoms with van der Waals surface area (Å²) < 4.78 is 6.38. The van der Waals surface area contributed by atoms with Crippen LogP contribution in [0.3, 0.4) is 0 Å². The van der Waals surface area contributed by atoms with Gasteiger partial charge in [0.05, 0.1) is 6.10 Å². The van der Waals surface area contributed by atoms with Crippen LogP contribution in [-0.4, -0.2) is 11.2 Å². The minimum Gasteiger partial charge on any atom is -0.454 e. The van der Waals surface area contributed by atoms with Crippen LogP contribution >= 0.6 is 15.9 Å². The van der Waals surface area contributed by atoms with Crippen LogP contribution in [0.4, 0.5) is 0 Å². The first-order chi connectivity index (χ1) is 7.14. The average molecular weight is 273 g/mol. The smallest absolute Gasteiger partial charge is 0.169 e. The number of hydrogen-bond acceptors (Lipinski definition) is 2. The topological polar surface area (TPSA) is 33.4 Å². The van der Waals surface area contributed by atoms with E-state index in [-0.39, 0.29) is 11.5 Å². The molecule has 0 amide bonds. The Labute approximate surface area is 98.8 Å². The molecule has 0 radical (unpaired) electrons. The Morgan fingerprint density at radius 1 is 1.47 bits per heavy atom. The first kappa shape index (κ1) is 11.2. The Hall–Kier alpha value is -0.280. The fourth-order valence-electron chi connectivity index (χ4n) is 2.89. The molecule has 2 rings (SSSR count). The predicted octanol–water partition coefficient (Wildman–Crippen LogP) is 3.70. The van der Waals surface area contributed by atoms with Crippen molar-refractivity contribution in [2.24, 2.45) is 5.41 Å². The molecule has 2 unspecified atom stereocenters. The molecule has 0 spiro atoms. The molecule has 3 heteroatoms. The molecule has 0 bridgehead atoms. The van der Waals surface area contributed by atoms with Gasteiger partial charge in [-0.05, 0) is 47.3 Å². The highest BCUT2D eigenvalue weighted by atomic mass is 79.9. The molecule has 1 aliphatic rings. The van der Waals surface area contributed by atoms with E-state index in [1.807, 2.05) is 12.1 Å². The number of aliphatic hydroxyl groups excluding tert-OH is 1. The van der Waals surface area contributed by atoms with Gasteiger partial charge in [-0.1, -0.05) is 13.8 Å². The van der Waals surface area contributed by atoms with Crippen molar-refractivity contribution in [3.05, 3.63) is 22.6 Å². The fourth-order valence-corrected chi connectivity index (χ4v) is 3.21. The van der Waals surface area contributed by atoms with Crippen LogP contribution in [0.2, 0.25) is 0 Å². The molecule has 1 saturated carbocycles. The highest BCUT2D eigenvalue weighted by Crippen LogP contribution is 2.57. The summed E-state index contributed by atoms with van der Waals surface area (Å²) in [4.78, 5) is 0. The van der Waals surface area contributed by atoms with E-state index in [4.69, 9.17) is 4.42 Å². The summed E-state index contributed by atoms with van der Waals surface area (Å²) in [7, 11) is 0. The molecule has 84 valence electrons. The molecule has 0 saturated heterocycles. The zero-order valence-electron chi connectivity index (χ0n) is 9.16. The van der Waals surface area contributed by atoms with Crippen molar-refractivity contribution in [2.45, 2.75) is 45.1 Å². The van der Waals surface area contributed by atoms with E-state index in [1.165, 1.54) is 0 Å². The van der Waals surface area contributed by atoms with E-state index in [0.29, 0.717) is 5.92 Å². The Kier molecular flexibility index (Phi) is 2.95. The quantitative estimate of drug-likeness (QED) is 0.911. The van der Waals surface area contributed by atoms with Gasteiger partial charge in [-0.15, -0.1) is 0 Å². The lowest BCUT2D eigenvalue weighted by Crippen LogP contribution is -2.50. The van der Waals surface area contributed by atoms with Crippen molar-refractivity contribution in [3.8, 4) is 0 Å². The second-order valence-electron chi connectivity index (χ2n) is 4.39. The van der Waals surface area contributed by atoms with Gasteiger partial charge >= 0.3 is 0 Å². The van der Waals surface area contributed by atoms with Crippen molar-refractivity contribution in [3.63, 3.8) is 0 Å². The van der Waals surface area contributed by atoms with E-state index < -0.39 is 0 Å². The summed E-state index contributed by atoms with van der Waals surface area (Å²) in [5.74, 6) is 1.39. The monoisotopic (exact) mass is 272 g/mol. The van der Waals surface area contributed by atoms with Crippen LogP contribution in [-0.2, 0) is 0 Å². The summed E-state index contributed by atoms with van der Waals surface area (Å²) in [6.45, 7) is 4.30. The normalized spacial score (nSPS) is 28.8. The minimum atomic E-state index is -0.165. The van der Waals surface area contributed by atoms with E-state index in [2.05, 4.69) is 29.8 Å². The molecule has 2 atom stereocenters. The summed E-state index contributed by atoms with van der Waals surface area (Å²) in [6, 6.07) is 3.94. The first-order valence-electron chi connectivity index (χ1n) is 5.57. The second kappa shape index (κ2) is 3.95. The molecule has 15 heavy (non-hydrogen) atoms. The molecule has 0 aromatic carbocycles. The molecule has 2 nitrogen and oxygen atoms in total. The maximum absolute atomic E-state index is 9.94. The van der Waals surface area contributed by atoms with E-state index >= 15 is 0 Å². The predicted molar refractivity (Wildman–Crippen MR) is 62.8 cm³/mol. The highest BCUT2D eigenvalue weighted by molar-refractivity contribution is 9.10. The largest absolute Gasteiger partial charge is 0.454 e. The zero-order valence-corrected chi connectivity index (χ0v) is 10.8. The lowest BCUT2D eigenvalue weighted by Gasteiger charge is -2.52. The van der Waals surface area contributed by atoms with Crippen molar-refractivity contribution in [1.29, 1.82) is 0 Å². The van der Waals surface area contributed by atoms with Gasteiger partial charge < -0.3 is 9.52 Å². The SMILES string of the molecule is CCC1(CC)C(O)CC1c1ccc(Br)o1. The number of halogens is 1. The molecular weight excluding hydrogens is 256 g/mol. The Bertz CT molecular complexity index is 341. The van der Waals surface area contributed by atoms with E-state index in [1.54, 1.807) is 0 Å². The fraction of sp³-hybridized carbons (Fsp3) is 0.667. The van der Waals surface area contributed by atoms with Gasteiger partial charge in [-0.25, -0.2) is 0 Å². The van der Waals surface area contributed by atoms with Crippen molar-refractivity contribution in [1.82, 2.24) is 0 Å². The van der Waals surface area contributed by atoms with Gasteiger partial charge in [0.15, 0.2) is 4.67 Å². The Morgan fingerprint density at radius 3 is 2.53 bits per heavy atom. The van der Waals surface area contributed by atoms with Gasteiger partial charge in [0.25, 0.3) is 0 Å². The average Bonchev–Trinajstić information content (AvgIpc) is 2.63. The van der Waals surface area contributed by atoms with Gasteiger partial charge in [0.2, 0.25) is 0 Å². The molecule has 1 N–H and O–H groups in total. The highest BCUT2D eigenvalue weighted by Gasteiger charge is 2.53. The maximum Gasteiger partial charge on any atom is 0.169 e. The summed E-state index contributed by atoms with van der Waals surface area (Å²) in [5, 5.41) is 9.94. The maximum atomic E-state index is 9.94. The van der Waals surface area contributed by atoms with Gasteiger partial charge in [0.1, 0.15) is 5.76 Å². The first-order valence-corrected chi connectivity index (χ1v) is 6.36. The molecular formula is C12H17BrO2.